The number of nitrogens with zero attached hydrogens (tertiary/aromatic N) is 2. The molecule has 1 aliphatic heterocycles. The molecular weight excluding hydrogens is 220 g/mol. The summed E-state index contributed by atoms with van der Waals surface area (Å²) in [7, 11) is 0. The van der Waals surface area contributed by atoms with Gasteiger partial charge in [0, 0.05) is 24.8 Å². The number of hydrogen-bond acceptors (Lipinski definition) is 5. The van der Waals surface area contributed by atoms with Gasteiger partial charge in [-0.05, 0) is 13.0 Å². The van der Waals surface area contributed by atoms with Gasteiger partial charge in [0.25, 0.3) is 0 Å². The number of rotatable bonds is 3. The molecule has 2 heterocycles. The van der Waals surface area contributed by atoms with Gasteiger partial charge in [0.05, 0.1) is 25.4 Å². The van der Waals surface area contributed by atoms with E-state index in [0.717, 1.165) is 17.9 Å². The predicted octanol–water partition coefficient (Wildman–Crippen LogP) is 0.332. The number of ether oxygens (including phenoxy) is 1. The van der Waals surface area contributed by atoms with Crippen molar-refractivity contribution in [2.24, 2.45) is 0 Å². The van der Waals surface area contributed by atoms with Crippen molar-refractivity contribution in [1.82, 2.24) is 4.98 Å². The second-order valence-corrected chi connectivity index (χ2v) is 4.21. The Bertz CT molecular complexity index is 371. The monoisotopic (exact) mass is 238 g/mol. The highest BCUT2D eigenvalue weighted by Gasteiger charge is 2.23. The minimum Gasteiger partial charge on any atom is -0.394 e. The van der Waals surface area contributed by atoms with E-state index in [1.165, 1.54) is 0 Å². The van der Waals surface area contributed by atoms with Crippen LogP contribution in [0.25, 0.3) is 0 Å². The van der Waals surface area contributed by atoms with E-state index in [0.29, 0.717) is 13.2 Å². The zero-order valence-corrected chi connectivity index (χ0v) is 9.91. The Labute approximate surface area is 101 Å². The molecule has 2 atom stereocenters. The average molecular weight is 238 g/mol. The number of anilines is 1. The van der Waals surface area contributed by atoms with Crippen LogP contribution in [-0.4, -0.2) is 47.6 Å². The van der Waals surface area contributed by atoms with Crippen LogP contribution in [0.3, 0.4) is 0 Å². The lowest BCUT2D eigenvalue weighted by atomic mass is 10.1. The Hall–Kier alpha value is -1.17. The van der Waals surface area contributed by atoms with Crippen LogP contribution >= 0.6 is 0 Å². The van der Waals surface area contributed by atoms with Crippen molar-refractivity contribution in [2.75, 3.05) is 31.2 Å². The molecule has 94 valence electrons. The fourth-order valence-electron chi connectivity index (χ4n) is 2.02. The van der Waals surface area contributed by atoms with Gasteiger partial charge >= 0.3 is 0 Å². The second kappa shape index (κ2) is 5.44. The van der Waals surface area contributed by atoms with Gasteiger partial charge < -0.3 is 19.8 Å². The van der Waals surface area contributed by atoms with Crippen LogP contribution in [0.5, 0.6) is 0 Å². The highest BCUT2D eigenvalue weighted by molar-refractivity contribution is 5.48. The van der Waals surface area contributed by atoms with Gasteiger partial charge in [0.1, 0.15) is 5.82 Å². The third kappa shape index (κ3) is 2.74. The molecule has 1 unspecified atom stereocenters. The molecule has 1 aliphatic rings. The van der Waals surface area contributed by atoms with E-state index in [1.807, 2.05) is 17.0 Å². The summed E-state index contributed by atoms with van der Waals surface area (Å²) in [6, 6.07) is 3.69. The van der Waals surface area contributed by atoms with Crippen molar-refractivity contribution in [2.45, 2.75) is 19.1 Å². The van der Waals surface area contributed by atoms with Gasteiger partial charge in [-0.1, -0.05) is 6.07 Å². The van der Waals surface area contributed by atoms with Gasteiger partial charge in [0.15, 0.2) is 0 Å². The molecule has 1 aromatic heterocycles. The maximum absolute atomic E-state index is 9.71. The average Bonchev–Trinajstić information content (AvgIpc) is 2.39. The van der Waals surface area contributed by atoms with Crippen LogP contribution in [0.4, 0.5) is 5.82 Å². The molecule has 0 aliphatic carbocycles. The summed E-state index contributed by atoms with van der Waals surface area (Å²) in [5.74, 6) is 0.782. The molecule has 2 N–H and O–H groups in total. The van der Waals surface area contributed by atoms with Crippen molar-refractivity contribution in [3.8, 4) is 0 Å². The largest absolute Gasteiger partial charge is 0.394 e. The van der Waals surface area contributed by atoms with Gasteiger partial charge in [-0.25, -0.2) is 4.98 Å². The van der Waals surface area contributed by atoms with Crippen LogP contribution < -0.4 is 4.90 Å². The number of aromatic nitrogens is 1. The summed E-state index contributed by atoms with van der Waals surface area (Å²) >= 11 is 0. The van der Waals surface area contributed by atoms with E-state index < -0.39 is 6.10 Å². The normalized spacial score (nSPS) is 22.5. The molecule has 0 radical (unpaired) electrons. The van der Waals surface area contributed by atoms with Crippen LogP contribution in [0, 0.1) is 0 Å². The number of hydrogen-bond donors (Lipinski definition) is 2. The van der Waals surface area contributed by atoms with Gasteiger partial charge in [-0.2, -0.15) is 0 Å². The van der Waals surface area contributed by atoms with Crippen molar-refractivity contribution in [1.29, 1.82) is 0 Å². The van der Waals surface area contributed by atoms with Crippen molar-refractivity contribution >= 4 is 5.82 Å². The number of aliphatic hydroxyl groups is 2. The van der Waals surface area contributed by atoms with Crippen LogP contribution in [0.15, 0.2) is 18.3 Å². The lowest BCUT2D eigenvalue weighted by Gasteiger charge is -2.34. The van der Waals surface area contributed by atoms with Gasteiger partial charge in [0.2, 0.25) is 0 Å². The molecule has 1 fully saturated rings. The maximum Gasteiger partial charge on any atom is 0.134 e. The predicted molar refractivity (Wildman–Crippen MR) is 63.9 cm³/mol. The van der Waals surface area contributed by atoms with E-state index in [-0.39, 0.29) is 12.7 Å². The van der Waals surface area contributed by atoms with E-state index in [4.69, 9.17) is 9.84 Å². The first-order chi connectivity index (χ1) is 8.22. The molecule has 0 spiro atoms. The molecule has 5 nitrogen and oxygen atoms in total. The summed E-state index contributed by atoms with van der Waals surface area (Å²) in [6.07, 6.45) is 0.992. The molecule has 1 saturated heterocycles. The second-order valence-electron chi connectivity index (χ2n) is 4.21. The third-order valence-corrected chi connectivity index (χ3v) is 2.91. The summed E-state index contributed by atoms with van der Waals surface area (Å²) in [5, 5.41) is 18.8. The zero-order chi connectivity index (χ0) is 12.3. The maximum atomic E-state index is 9.71. The van der Waals surface area contributed by atoms with Gasteiger partial charge in [-0.15, -0.1) is 0 Å². The quantitative estimate of drug-likeness (QED) is 0.794. The van der Waals surface area contributed by atoms with Crippen LogP contribution in [-0.2, 0) is 4.74 Å². The highest BCUT2D eigenvalue weighted by atomic mass is 16.5. The Morgan fingerprint density at radius 3 is 3.18 bits per heavy atom. The molecule has 5 heteroatoms. The SMILES string of the molecule is C[C@H](O)c1cccnc1N1CCOC(CO)C1. The fourth-order valence-corrected chi connectivity index (χ4v) is 2.02. The lowest BCUT2D eigenvalue weighted by molar-refractivity contribution is 0.00321. The first-order valence-electron chi connectivity index (χ1n) is 5.82. The minimum atomic E-state index is -0.547. The number of aliphatic hydroxyl groups excluding tert-OH is 2. The number of morpholine rings is 1. The molecule has 2 rings (SSSR count). The standard InChI is InChI=1S/C12H18N2O3/c1-9(16)11-3-2-4-13-12(11)14-5-6-17-10(7-14)8-15/h2-4,9-10,15-16H,5-8H2,1H3/t9-,10?/m0/s1. The Balaban J connectivity index is 2.21. The summed E-state index contributed by atoms with van der Waals surface area (Å²) in [5.41, 5.74) is 0.811. The lowest BCUT2D eigenvalue weighted by Crippen LogP contribution is -2.44. The summed E-state index contributed by atoms with van der Waals surface area (Å²) < 4.78 is 5.40. The molecular formula is C12H18N2O3. The highest BCUT2D eigenvalue weighted by Crippen LogP contribution is 2.25. The van der Waals surface area contributed by atoms with Crippen LogP contribution in [0.2, 0.25) is 0 Å². The van der Waals surface area contributed by atoms with Crippen molar-refractivity contribution in [3.05, 3.63) is 23.9 Å². The Morgan fingerprint density at radius 1 is 1.65 bits per heavy atom. The smallest absolute Gasteiger partial charge is 0.134 e. The van der Waals surface area contributed by atoms with Crippen LogP contribution in [0.1, 0.15) is 18.6 Å². The molecule has 0 bridgehead atoms. The summed E-state index contributed by atoms with van der Waals surface area (Å²) in [6.45, 7) is 3.64. The molecule has 0 aromatic carbocycles. The molecule has 1 aromatic rings. The van der Waals surface area contributed by atoms with Crippen molar-refractivity contribution < 1.29 is 14.9 Å². The fraction of sp³-hybridized carbons (Fsp3) is 0.583. The van der Waals surface area contributed by atoms with Crippen molar-refractivity contribution in [3.63, 3.8) is 0 Å². The van der Waals surface area contributed by atoms with E-state index in [9.17, 15) is 5.11 Å². The first kappa shape index (κ1) is 12.3. The zero-order valence-electron chi connectivity index (χ0n) is 9.91. The Kier molecular flexibility index (Phi) is 3.93. The van der Waals surface area contributed by atoms with Gasteiger partial charge in [-0.3, -0.25) is 0 Å². The number of pyridine rings is 1. The first-order valence-corrected chi connectivity index (χ1v) is 5.82. The summed E-state index contributed by atoms with van der Waals surface area (Å²) in [4.78, 5) is 6.37. The molecule has 17 heavy (non-hydrogen) atoms. The van der Waals surface area contributed by atoms with E-state index >= 15 is 0 Å². The third-order valence-electron chi connectivity index (χ3n) is 2.91. The Morgan fingerprint density at radius 2 is 2.47 bits per heavy atom. The molecule has 0 saturated carbocycles. The topological polar surface area (TPSA) is 65.8 Å². The van der Waals surface area contributed by atoms with E-state index in [1.54, 1.807) is 13.1 Å². The minimum absolute atomic E-state index is 0.00729. The molecule has 0 amide bonds. The van der Waals surface area contributed by atoms with E-state index in [2.05, 4.69) is 4.98 Å².